The molecular formula is C27H22ClNO3. The lowest BCUT2D eigenvalue weighted by Gasteiger charge is -2.24. The zero-order valence-corrected chi connectivity index (χ0v) is 18.3. The number of halogens is 1. The standard InChI is InChI=1S/C27H22ClNO3/c1-18(30)32-24-16-13-20-9-5-6-10-23(20)26(24)27(21-11-14-22(28)15-12-21)29-25(31)17-19-7-3-2-4-8-19/h2-16,27H,17H2,1H3,(H,29,31)/t27-/m1/s1. The highest BCUT2D eigenvalue weighted by Crippen LogP contribution is 2.37. The average Bonchev–Trinajstić information content (AvgIpc) is 2.79. The minimum atomic E-state index is -0.538. The van der Waals surface area contributed by atoms with Crippen LogP contribution < -0.4 is 10.1 Å². The van der Waals surface area contributed by atoms with Gasteiger partial charge in [0.05, 0.1) is 12.5 Å². The third-order valence-electron chi connectivity index (χ3n) is 5.19. The molecule has 4 aromatic rings. The maximum atomic E-state index is 13.1. The van der Waals surface area contributed by atoms with Gasteiger partial charge in [-0.05, 0) is 40.1 Å². The van der Waals surface area contributed by atoms with Crippen LogP contribution in [0, 0.1) is 0 Å². The average molecular weight is 444 g/mol. The van der Waals surface area contributed by atoms with E-state index in [-0.39, 0.29) is 12.3 Å². The molecule has 0 saturated heterocycles. The molecule has 1 N–H and O–H groups in total. The summed E-state index contributed by atoms with van der Waals surface area (Å²) in [5.74, 6) is -0.152. The van der Waals surface area contributed by atoms with E-state index in [9.17, 15) is 9.59 Å². The molecule has 0 spiro atoms. The van der Waals surface area contributed by atoms with Crippen LogP contribution in [0.15, 0.2) is 91.0 Å². The van der Waals surface area contributed by atoms with Crippen molar-refractivity contribution < 1.29 is 14.3 Å². The Labute approximate surface area is 191 Å². The SMILES string of the molecule is CC(=O)Oc1ccc2ccccc2c1[C@H](NC(=O)Cc1ccccc1)c1ccc(Cl)cc1. The van der Waals surface area contributed by atoms with E-state index in [0.29, 0.717) is 10.8 Å². The summed E-state index contributed by atoms with van der Waals surface area (Å²) in [7, 11) is 0. The van der Waals surface area contributed by atoms with Crippen molar-refractivity contribution in [1.29, 1.82) is 0 Å². The van der Waals surface area contributed by atoms with Crippen LogP contribution in [0.4, 0.5) is 0 Å². The predicted molar refractivity (Wildman–Crippen MR) is 127 cm³/mol. The predicted octanol–water partition coefficient (Wildman–Crippen LogP) is 5.87. The summed E-state index contributed by atoms with van der Waals surface area (Å²) in [6.45, 7) is 1.37. The molecule has 0 unspecified atom stereocenters. The van der Waals surface area contributed by atoms with Crippen LogP contribution in [0.2, 0.25) is 5.02 Å². The number of esters is 1. The molecule has 4 nitrogen and oxygen atoms in total. The summed E-state index contributed by atoms with van der Waals surface area (Å²) in [6.07, 6.45) is 0.235. The second-order valence-electron chi connectivity index (χ2n) is 7.51. The molecule has 0 radical (unpaired) electrons. The number of hydrogen-bond donors (Lipinski definition) is 1. The molecule has 0 saturated carbocycles. The van der Waals surface area contributed by atoms with Crippen LogP contribution in [-0.4, -0.2) is 11.9 Å². The van der Waals surface area contributed by atoms with Crippen LogP contribution in [0.5, 0.6) is 5.75 Å². The first-order valence-corrected chi connectivity index (χ1v) is 10.7. The van der Waals surface area contributed by atoms with E-state index in [0.717, 1.165) is 27.5 Å². The van der Waals surface area contributed by atoms with Crippen molar-refractivity contribution >= 4 is 34.2 Å². The Morgan fingerprint density at radius 3 is 2.28 bits per heavy atom. The van der Waals surface area contributed by atoms with Crippen molar-refractivity contribution in [3.05, 3.63) is 113 Å². The molecule has 0 heterocycles. The Balaban J connectivity index is 1.82. The molecular weight excluding hydrogens is 422 g/mol. The highest BCUT2D eigenvalue weighted by Gasteiger charge is 2.24. The molecule has 0 fully saturated rings. The van der Waals surface area contributed by atoms with Crippen LogP contribution >= 0.6 is 11.6 Å². The van der Waals surface area contributed by atoms with E-state index in [4.69, 9.17) is 16.3 Å². The highest BCUT2D eigenvalue weighted by molar-refractivity contribution is 6.30. The Morgan fingerprint density at radius 1 is 0.875 bits per heavy atom. The number of fused-ring (bicyclic) bond motifs is 1. The molecule has 160 valence electrons. The number of carbonyl (C=O) groups excluding carboxylic acids is 2. The smallest absolute Gasteiger partial charge is 0.308 e. The molecule has 1 atom stereocenters. The van der Waals surface area contributed by atoms with Gasteiger partial charge < -0.3 is 10.1 Å². The maximum Gasteiger partial charge on any atom is 0.308 e. The van der Waals surface area contributed by atoms with E-state index in [2.05, 4.69) is 5.32 Å². The summed E-state index contributed by atoms with van der Waals surface area (Å²) in [5.41, 5.74) is 2.47. The monoisotopic (exact) mass is 443 g/mol. The number of rotatable bonds is 6. The van der Waals surface area contributed by atoms with Gasteiger partial charge in [-0.15, -0.1) is 0 Å². The molecule has 0 aliphatic heterocycles. The molecule has 0 aliphatic carbocycles. The number of amides is 1. The Kier molecular flexibility index (Phi) is 6.52. The summed E-state index contributed by atoms with van der Waals surface area (Å²) < 4.78 is 5.56. The topological polar surface area (TPSA) is 55.4 Å². The third kappa shape index (κ3) is 4.98. The highest BCUT2D eigenvalue weighted by atomic mass is 35.5. The van der Waals surface area contributed by atoms with Crippen molar-refractivity contribution in [2.75, 3.05) is 0 Å². The van der Waals surface area contributed by atoms with Gasteiger partial charge in [0.15, 0.2) is 0 Å². The van der Waals surface area contributed by atoms with Crippen LogP contribution in [-0.2, 0) is 16.0 Å². The molecule has 5 heteroatoms. The fraction of sp³-hybridized carbons (Fsp3) is 0.111. The van der Waals surface area contributed by atoms with Crippen molar-refractivity contribution in [1.82, 2.24) is 5.32 Å². The number of nitrogens with one attached hydrogen (secondary N) is 1. The van der Waals surface area contributed by atoms with Crippen molar-refractivity contribution in [2.45, 2.75) is 19.4 Å². The van der Waals surface area contributed by atoms with Crippen LogP contribution in [0.3, 0.4) is 0 Å². The third-order valence-corrected chi connectivity index (χ3v) is 5.44. The molecule has 4 rings (SSSR count). The number of ether oxygens (including phenoxy) is 1. The quantitative estimate of drug-likeness (QED) is 0.299. The minimum Gasteiger partial charge on any atom is -0.426 e. The number of carbonyl (C=O) groups is 2. The van der Waals surface area contributed by atoms with Crippen molar-refractivity contribution in [3.8, 4) is 5.75 Å². The van der Waals surface area contributed by atoms with Crippen LogP contribution in [0.1, 0.15) is 29.7 Å². The van der Waals surface area contributed by atoms with Gasteiger partial charge in [0.2, 0.25) is 5.91 Å². The van der Waals surface area contributed by atoms with Crippen LogP contribution in [0.25, 0.3) is 10.8 Å². The second kappa shape index (κ2) is 9.67. The summed E-state index contributed by atoms with van der Waals surface area (Å²) in [5, 5.41) is 5.62. The zero-order chi connectivity index (χ0) is 22.5. The van der Waals surface area contributed by atoms with E-state index >= 15 is 0 Å². The van der Waals surface area contributed by atoms with Crippen molar-refractivity contribution in [3.63, 3.8) is 0 Å². The Morgan fingerprint density at radius 2 is 1.56 bits per heavy atom. The lowest BCUT2D eigenvalue weighted by atomic mass is 9.92. The minimum absolute atomic E-state index is 0.141. The lowest BCUT2D eigenvalue weighted by molar-refractivity contribution is -0.131. The Hall–Kier alpha value is -3.63. The van der Waals surface area contributed by atoms with Gasteiger partial charge in [-0.1, -0.05) is 84.4 Å². The summed E-state index contributed by atoms with van der Waals surface area (Å²) >= 11 is 6.11. The van der Waals surface area contributed by atoms with Gasteiger partial charge in [-0.3, -0.25) is 9.59 Å². The van der Waals surface area contributed by atoms with Gasteiger partial charge in [-0.25, -0.2) is 0 Å². The van der Waals surface area contributed by atoms with Gasteiger partial charge in [0.1, 0.15) is 5.75 Å². The van der Waals surface area contributed by atoms with Gasteiger partial charge in [0.25, 0.3) is 0 Å². The van der Waals surface area contributed by atoms with Gasteiger partial charge >= 0.3 is 5.97 Å². The first kappa shape index (κ1) is 21.6. The number of hydrogen-bond acceptors (Lipinski definition) is 3. The summed E-state index contributed by atoms with van der Waals surface area (Å²) in [6, 6.07) is 27.8. The molecule has 1 amide bonds. The van der Waals surface area contributed by atoms with Gasteiger partial charge in [0, 0.05) is 17.5 Å². The van der Waals surface area contributed by atoms with Crippen molar-refractivity contribution in [2.24, 2.45) is 0 Å². The van der Waals surface area contributed by atoms with E-state index < -0.39 is 12.0 Å². The first-order chi connectivity index (χ1) is 15.5. The maximum absolute atomic E-state index is 13.1. The summed E-state index contributed by atoms with van der Waals surface area (Å²) in [4.78, 5) is 24.9. The molecule has 0 aromatic heterocycles. The molecule has 0 bridgehead atoms. The normalized spacial score (nSPS) is 11.7. The second-order valence-corrected chi connectivity index (χ2v) is 7.94. The fourth-order valence-corrected chi connectivity index (χ4v) is 3.91. The molecule has 0 aliphatic rings. The lowest BCUT2D eigenvalue weighted by Crippen LogP contribution is -2.31. The van der Waals surface area contributed by atoms with E-state index in [1.54, 1.807) is 18.2 Å². The Bertz CT molecular complexity index is 1250. The zero-order valence-electron chi connectivity index (χ0n) is 17.5. The molecule has 4 aromatic carbocycles. The first-order valence-electron chi connectivity index (χ1n) is 10.3. The number of benzene rings is 4. The van der Waals surface area contributed by atoms with E-state index in [1.165, 1.54) is 6.92 Å². The van der Waals surface area contributed by atoms with E-state index in [1.807, 2.05) is 72.8 Å². The largest absolute Gasteiger partial charge is 0.426 e. The molecule has 32 heavy (non-hydrogen) atoms. The van der Waals surface area contributed by atoms with Gasteiger partial charge in [-0.2, -0.15) is 0 Å². The fourth-order valence-electron chi connectivity index (χ4n) is 3.79.